The minimum Gasteiger partial charge on any atom is -0.0877 e. The first kappa shape index (κ1) is 40.3. The van der Waals surface area contributed by atoms with Gasteiger partial charge in [0, 0.05) is 0 Å². The van der Waals surface area contributed by atoms with Crippen molar-refractivity contribution in [2.24, 2.45) is 0 Å². The maximum atomic E-state index is 2.42. The van der Waals surface area contributed by atoms with Crippen LogP contribution in [0.25, 0.3) is 117 Å². The fraction of sp³-hybridized carbons (Fsp3) is 0.0625. The Morgan fingerprint density at radius 2 is 0.734 bits per heavy atom. The number of hydrogen-bond donors (Lipinski definition) is 0. The number of hydrogen-bond acceptors (Lipinski definition) is 0. The van der Waals surface area contributed by atoms with E-state index in [1.807, 2.05) is 0 Å². The third kappa shape index (κ3) is 7.08. The van der Waals surface area contributed by atoms with Crippen LogP contribution >= 0.6 is 0 Å². The molecule has 0 heteroatoms. The fourth-order valence-electron chi connectivity index (χ4n) is 9.99. The van der Waals surface area contributed by atoms with Crippen LogP contribution in [0.4, 0.5) is 0 Å². The molecule has 0 atom stereocenters. The van der Waals surface area contributed by atoms with Crippen LogP contribution in [0.1, 0.15) is 33.3 Å². The summed E-state index contributed by atoms with van der Waals surface area (Å²) in [4.78, 5) is 0. The van der Waals surface area contributed by atoms with Gasteiger partial charge in [0.15, 0.2) is 0 Å². The average molecular weight is 819 g/mol. The molecular formula is C64H50. The molecule has 0 nitrogen and oxygen atoms in total. The van der Waals surface area contributed by atoms with Gasteiger partial charge in [-0.3, -0.25) is 0 Å². The van der Waals surface area contributed by atoms with E-state index in [0.717, 1.165) is 0 Å². The summed E-state index contributed by atoms with van der Waals surface area (Å²) < 4.78 is 0. The molecule has 10 aromatic rings. The molecule has 0 unspecified atom stereocenters. The molecule has 0 heterocycles. The molecule has 0 N–H and O–H groups in total. The predicted molar refractivity (Wildman–Crippen MR) is 280 cm³/mol. The summed E-state index contributed by atoms with van der Waals surface area (Å²) in [6.07, 6.45) is 11.2. The summed E-state index contributed by atoms with van der Waals surface area (Å²) in [5.74, 6) is 0. The Bertz CT molecular complexity index is 3490. The van der Waals surface area contributed by atoms with Gasteiger partial charge in [-0.1, -0.05) is 218 Å². The molecule has 0 aliphatic carbocycles. The van der Waals surface area contributed by atoms with Crippen molar-refractivity contribution < 1.29 is 0 Å². The molecule has 306 valence electrons. The molecular weight excluding hydrogens is 769 g/mol. The third-order valence-electron chi connectivity index (χ3n) is 12.9. The van der Waals surface area contributed by atoms with Gasteiger partial charge in [0.25, 0.3) is 0 Å². The van der Waals surface area contributed by atoms with Gasteiger partial charge in [-0.2, -0.15) is 0 Å². The van der Waals surface area contributed by atoms with E-state index >= 15 is 0 Å². The second-order valence-corrected chi connectivity index (χ2v) is 16.5. The van der Waals surface area contributed by atoms with Crippen LogP contribution in [-0.2, 0) is 0 Å². The van der Waals surface area contributed by atoms with Crippen LogP contribution in [0.5, 0.6) is 0 Å². The van der Waals surface area contributed by atoms with Crippen LogP contribution < -0.4 is 10.4 Å². The second kappa shape index (κ2) is 17.5. The van der Waals surface area contributed by atoms with E-state index in [0.29, 0.717) is 0 Å². The lowest BCUT2D eigenvalue weighted by molar-refractivity contribution is 1.50. The van der Waals surface area contributed by atoms with Gasteiger partial charge in [0.1, 0.15) is 0 Å². The van der Waals surface area contributed by atoms with Crippen LogP contribution in [0, 0.1) is 0 Å². The van der Waals surface area contributed by atoms with Gasteiger partial charge in [0.2, 0.25) is 0 Å². The van der Waals surface area contributed by atoms with Gasteiger partial charge in [-0.15, -0.1) is 0 Å². The lowest BCUT2D eigenvalue weighted by atomic mass is 9.80. The smallest absolute Gasteiger partial charge is 0.00140 e. The van der Waals surface area contributed by atoms with Gasteiger partial charge < -0.3 is 0 Å². The topological polar surface area (TPSA) is 0 Å². The Kier molecular flexibility index (Phi) is 11.0. The van der Waals surface area contributed by atoms with Crippen molar-refractivity contribution in [3.05, 3.63) is 234 Å². The molecule has 0 fully saturated rings. The molecule has 0 bridgehead atoms. The average Bonchev–Trinajstić information content (AvgIpc) is 3.37. The SMILES string of the molecule is C/C=C\C=C(/C)c1ccc(-c2ccccc2)cc1-c1c2ccccc2c(-c2c(=C/C)/c(=C\C)c(-c3cc(-c4ccccc4)ccc3-c3ccccc3)c3ccccc23)c2ccccc12. The number of rotatable bonds is 8. The van der Waals surface area contributed by atoms with E-state index in [4.69, 9.17) is 0 Å². The first-order valence-electron chi connectivity index (χ1n) is 22.5. The number of allylic oxidation sites excluding steroid dienone is 4. The van der Waals surface area contributed by atoms with Crippen molar-refractivity contribution in [3.8, 4) is 66.8 Å². The Hall–Kier alpha value is -7.80. The molecule has 0 spiro atoms. The lowest BCUT2D eigenvalue weighted by Gasteiger charge is -2.23. The molecule has 0 radical (unpaired) electrons. The quantitative estimate of drug-likeness (QED) is 0.106. The molecule has 0 saturated carbocycles. The summed E-state index contributed by atoms with van der Waals surface area (Å²) in [6.45, 7) is 8.73. The van der Waals surface area contributed by atoms with Crippen molar-refractivity contribution in [1.82, 2.24) is 0 Å². The van der Waals surface area contributed by atoms with Crippen LogP contribution in [0.15, 0.2) is 218 Å². The van der Waals surface area contributed by atoms with Gasteiger partial charge in [-0.05, 0) is 160 Å². The van der Waals surface area contributed by atoms with E-state index < -0.39 is 0 Å². The normalized spacial score (nSPS) is 12.6. The molecule has 64 heavy (non-hydrogen) atoms. The van der Waals surface area contributed by atoms with E-state index in [9.17, 15) is 0 Å². The van der Waals surface area contributed by atoms with Crippen molar-refractivity contribution in [2.45, 2.75) is 27.7 Å². The van der Waals surface area contributed by atoms with Gasteiger partial charge >= 0.3 is 0 Å². The van der Waals surface area contributed by atoms with Crippen LogP contribution in [0.3, 0.4) is 0 Å². The predicted octanol–water partition coefficient (Wildman–Crippen LogP) is 16.7. The van der Waals surface area contributed by atoms with Crippen LogP contribution in [-0.4, -0.2) is 0 Å². The van der Waals surface area contributed by atoms with Gasteiger partial charge in [0.05, 0.1) is 0 Å². The monoisotopic (exact) mass is 818 g/mol. The minimum atomic E-state index is 1.20. The van der Waals surface area contributed by atoms with Gasteiger partial charge in [-0.25, -0.2) is 0 Å². The molecule has 0 aliphatic rings. The van der Waals surface area contributed by atoms with Crippen molar-refractivity contribution in [2.75, 3.05) is 0 Å². The lowest BCUT2D eigenvalue weighted by Crippen LogP contribution is -2.29. The molecule has 0 aliphatic heterocycles. The highest BCUT2D eigenvalue weighted by molar-refractivity contribution is 6.25. The summed E-state index contributed by atoms with van der Waals surface area (Å²) >= 11 is 0. The largest absolute Gasteiger partial charge is 0.0877 e. The summed E-state index contributed by atoms with van der Waals surface area (Å²) in [5, 5.41) is 9.89. The molecule has 0 aromatic heterocycles. The Labute approximate surface area is 377 Å². The highest BCUT2D eigenvalue weighted by Gasteiger charge is 2.24. The Balaban J connectivity index is 1.33. The molecule has 0 amide bonds. The zero-order valence-electron chi connectivity index (χ0n) is 36.9. The van der Waals surface area contributed by atoms with E-state index in [2.05, 4.69) is 258 Å². The second-order valence-electron chi connectivity index (χ2n) is 16.5. The third-order valence-corrected chi connectivity index (χ3v) is 12.9. The van der Waals surface area contributed by atoms with Crippen molar-refractivity contribution in [1.29, 1.82) is 0 Å². The highest BCUT2D eigenvalue weighted by Crippen LogP contribution is 2.47. The molecule has 10 rings (SSSR count). The summed E-state index contributed by atoms with van der Waals surface area (Å²) in [5.41, 5.74) is 17.2. The number of fused-ring (bicyclic) bond motifs is 3. The van der Waals surface area contributed by atoms with Crippen LogP contribution in [0.2, 0.25) is 0 Å². The first-order chi connectivity index (χ1) is 31.6. The fourth-order valence-corrected chi connectivity index (χ4v) is 9.99. The molecule has 10 aromatic carbocycles. The minimum absolute atomic E-state index is 1.20. The zero-order valence-corrected chi connectivity index (χ0v) is 36.9. The summed E-state index contributed by atoms with van der Waals surface area (Å²) in [6, 6.07) is 73.7. The maximum absolute atomic E-state index is 2.42. The van der Waals surface area contributed by atoms with E-state index in [1.54, 1.807) is 0 Å². The Morgan fingerprint density at radius 1 is 0.328 bits per heavy atom. The maximum Gasteiger partial charge on any atom is -0.00140 e. The Morgan fingerprint density at radius 3 is 1.23 bits per heavy atom. The number of benzene rings is 10. The van der Waals surface area contributed by atoms with E-state index in [1.165, 1.54) is 121 Å². The van der Waals surface area contributed by atoms with Crippen molar-refractivity contribution >= 4 is 50.0 Å². The highest BCUT2D eigenvalue weighted by atomic mass is 14.3. The molecule has 0 saturated heterocycles. The standard InChI is InChI=1S/C64H50/c1-5-8-24-43(4)51-39-37-47(44-25-12-9-13-26-44)41-59(51)62-54-32-19-22-35-57(54)64(58-36-23-20-33-55(58)62)63-50(7-3)49(6-2)61(53-31-18-21-34-56(53)63)60-42-48(45-27-14-10-15-28-45)38-40-52(60)46-29-16-11-17-30-46/h5-42H,1-4H3/b8-5-,43-24+,49-6+,50-7+. The van der Waals surface area contributed by atoms with E-state index in [-0.39, 0.29) is 0 Å². The first-order valence-corrected chi connectivity index (χ1v) is 22.5. The zero-order chi connectivity index (χ0) is 43.6. The summed E-state index contributed by atoms with van der Waals surface area (Å²) in [7, 11) is 0. The van der Waals surface area contributed by atoms with Crippen molar-refractivity contribution in [3.63, 3.8) is 0 Å².